The fourth-order valence-electron chi connectivity index (χ4n) is 1.82. The number of hydrogen-bond acceptors (Lipinski definition) is 2. The smallest absolute Gasteiger partial charge is 0.0570 e. The van der Waals surface area contributed by atoms with Crippen molar-refractivity contribution in [2.24, 2.45) is 5.92 Å². The summed E-state index contributed by atoms with van der Waals surface area (Å²) in [5, 5.41) is 3.62. The second-order valence-corrected chi connectivity index (χ2v) is 4.40. The highest BCUT2D eigenvalue weighted by Gasteiger charge is 2.15. The summed E-state index contributed by atoms with van der Waals surface area (Å²) in [6.07, 6.45) is 3.01. The lowest BCUT2D eigenvalue weighted by atomic mass is 10.0. The Morgan fingerprint density at radius 2 is 2.00 bits per heavy atom. The Hall–Kier alpha value is -0.890. The van der Waals surface area contributed by atoms with Crippen molar-refractivity contribution in [3.63, 3.8) is 0 Å². The second kappa shape index (κ2) is 5.86. The largest absolute Gasteiger partial charge is 0.306 e. The van der Waals surface area contributed by atoms with Crippen molar-refractivity contribution in [1.82, 2.24) is 10.3 Å². The summed E-state index contributed by atoms with van der Waals surface area (Å²) in [4.78, 5) is 4.36. The van der Waals surface area contributed by atoms with Crippen LogP contribution < -0.4 is 5.32 Å². The monoisotopic (exact) mass is 206 g/mol. The van der Waals surface area contributed by atoms with Crippen LogP contribution in [0.1, 0.15) is 45.9 Å². The topological polar surface area (TPSA) is 24.9 Å². The zero-order valence-corrected chi connectivity index (χ0v) is 10.2. The van der Waals surface area contributed by atoms with Gasteiger partial charge in [0.1, 0.15) is 0 Å². The van der Waals surface area contributed by atoms with E-state index in [1.165, 1.54) is 0 Å². The van der Waals surface area contributed by atoms with E-state index < -0.39 is 0 Å². The van der Waals surface area contributed by atoms with E-state index in [1.807, 2.05) is 18.3 Å². The SMILES string of the molecule is CC[C@H](N[C@@H](C)c1ccccn1)C(C)C. The van der Waals surface area contributed by atoms with Crippen molar-refractivity contribution in [3.8, 4) is 0 Å². The lowest BCUT2D eigenvalue weighted by molar-refractivity contribution is 0.353. The van der Waals surface area contributed by atoms with Gasteiger partial charge in [0.05, 0.1) is 5.69 Å². The standard InChI is InChI=1S/C13H22N2/c1-5-12(10(2)3)15-11(4)13-8-6-7-9-14-13/h6-12,15H,5H2,1-4H3/t11-,12-/m0/s1. The number of rotatable bonds is 5. The quantitative estimate of drug-likeness (QED) is 0.800. The molecule has 0 aliphatic heterocycles. The van der Waals surface area contributed by atoms with Crippen LogP contribution in [0.4, 0.5) is 0 Å². The summed E-state index contributed by atoms with van der Waals surface area (Å²) < 4.78 is 0. The van der Waals surface area contributed by atoms with Gasteiger partial charge in [0.15, 0.2) is 0 Å². The molecule has 0 saturated heterocycles. The molecule has 0 radical (unpaired) electrons. The van der Waals surface area contributed by atoms with E-state index in [0.717, 1.165) is 12.1 Å². The van der Waals surface area contributed by atoms with Crippen molar-refractivity contribution in [2.75, 3.05) is 0 Å². The predicted octanol–water partition coefficient (Wildman–Crippen LogP) is 3.17. The second-order valence-electron chi connectivity index (χ2n) is 4.40. The Balaban J connectivity index is 2.58. The van der Waals surface area contributed by atoms with Crippen LogP contribution >= 0.6 is 0 Å². The number of hydrogen-bond donors (Lipinski definition) is 1. The van der Waals surface area contributed by atoms with Gasteiger partial charge in [-0.1, -0.05) is 26.8 Å². The predicted molar refractivity (Wildman–Crippen MR) is 64.7 cm³/mol. The zero-order valence-electron chi connectivity index (χ0n) is 10.2. The van der Waals surface area contributed by atoms with Crippen LogP contribution in [0.15, 0.2) is 24.4 Å². The Morgan fingerprint density at radius 1 is 1.27 bits per heavy atom. The highest BCUT2D eigenvalue weighted by molar-refractivity contribution is 5.07. The Bertz CT molecular complexity index is 269. The highest BCUT2D eigenvalue weighted by Crippen LogP contribution is 2.13. The van der Waals surface area contributed by atoms with E-state index in [2.05, 4.69) is 44.1 Å². The van der Waals surface area contributed by atoms with Crippen molar-refractivity contribution in [2.45, 2.75) is 46.2 Å². The molecule has 0 unspecified atom stereocenters. The van der Waals surface area contributed by atoms with Crippen LogP contribution in [-0.2, 0) is 0 Å². The van der Waals surface area contributed by atoms with Gasteiger partial charge in [-0.2, -0.15) is 0 Å². The van der Waals surface area contributed by atoms with Gasteiger partial charge in [0, 0.05) is 18.3 Å². The first kappa shape index (κ1) is 12.2. The van der Waals surface area contributed by atoms with E-state index in [-0.39, 0.29) is 0 Å². The molecule has 0 spiro atoms. The van der Waals surface area contributed by atoms with Gasteiger partial charge in [-0.05, 0) is 31.4 Å². The molecule has 1 aromatic heterocycles. The lowest BCUT2D eigenvalue weighted by Gasteiger charge is -2.25. The third kappa shape index (κ3) is 3.63. The Kier molecular flexibility index (Phi) is 4.76. The zero-order chi connectivity index (χ0) is 11.3. The summed E-state index contributed by atoms with van der Waals surface area (Å²) in [6.45, 7) is 8.91. The molecule has 2 nitrogen and oxygen atoms in total. The molecule has 1 N–H and O–H groups in total. The molecule has 15 heavy (non-hydrogen) atoms. The van der Waals surface area contributed by atoms with Gasteiger partial charge in [0.2, 0.25) is 0 Å². The van der Waals surface area contributed by atoms with Gasteiger partial charge < -0.3 is 5.32 Å². The van der Waals surface area contributed by atoms with Crippen LogP contribution in [0.25, 0.3) is 0 Å². The van der Waals surface area contributed by atoms with E-state index >= 15 is 0 Å². The summed E-state index contributed by atoms with van der Waals surface area (Å²) in [6, 6.07) is 6.97. The minimum Gasteiger partial charge on any atom is -0.306 e. The molecule has 1 aromatic rings. The molecule has 0 amide bonds. The third-order valence-electron chi connectivity index (χ3n) is 2.84. The van der Waals surface area contributed by atoms with Crippen LogP contribution in [0.3, 0.4) is 0 Å². The van der Waals surface area contributed by atoms with Gasteiger partial charge in [0.25, 0.3) is 0 Å². The van der Waals surface area contributed by atoms with Crippen LogP contribution in [0.2, 0.25) is 0 Å². The molecular weight excluding hydrogens is 184 g/mol. The number of pyridine rings is 1. The van der Waals surface area contributed by atoms with Gasteiger partial charge in [-0.3, -0.25) is 4.98 Å². The fourth-order valence-corrected chi connectivity index (χ4v) is 1.82. The van der Waals surface area contributed by atoms with E-state index in [0.29, 0.717) is 18.0 Å². The molecule has 0 bridgehead atoms. The van der Waals surface area contributed by atoms with Crippen molar-refractivity contribution < 1.29 is 0 Å². The maximum Gasteiger partial charge on any atom is 0.0570 e. The Labute approximate surface area is 93.1 Å². The minimum atomic E-state index is 0.332. The maximum absolute atomic E-state index is 4.36. The number of nitrogens with zero attached hydrogens (tertiary/aromatic N) is 1. The van der Waals surface area contributed by atoms with Crippen LogP contribution in [0.5, 0.6) is 0 Å². The molecule has 0 saturated carbocycles. The molecule has 0 fully saturated rings. The fraction of sp³-hybridized carbons (Fsp3) is 0.615. The summed E-state index contributed by atoms with van der Waals surface area (Å²) in [7, 11) is 0. The average molecular weight is 206 g/mol. The molecule has 0 aliphatic rings. The molecule has 2 atom stereocenters. The van der Waals surface area contributed by atoms with Gasteiger partial charge in [-0.15, -0.1) is 0 Å². The van der Waals surface area contributed by atoms with Crippen molar-refractivity contribution in [3.05, 3.63) is 30.1 Å². The first-order valence-corrected chi connectivity index (χ1v) is 5.82. The summed E-state index contributed by atoms with van der Waals surface area (Å²) in [5.74, 6) is 0.668. The van der Waals surface area contributed by atoms with Crippen LogP contribution in [0, 0.1) is 5.92 Å². The summed E-state index contributed by atoms with van der Waals surface area (Å²) >= 11 is 0. The molecule has 1 heterocycles. The number of nitrogens with one attached hydrogen (secondary N) is 1. The molecule has 0 aliphatic carbocycles. The molecule has 2 heteroatoms. The van der Waals surface area contributed by atoms with Crippen molar-refractivity contribution in [1.29, 1.82) is 0 Å². The molecule has 1 rings (SSSR count). The Morgan fingerprint density at radius 3 is 2.47 bits per heavy atom. The minimum absolute atomic E-state index is 0.332. The van der Waals surface area contributed by atoms with Crippen LogP contribution in [-0.4, -0.2) is 11.0 Å². The average Bonchev–Trinajstić information content (AvgIpc) is 2.26. The molecule has 84 valence electrons. The third-order valence-corrected chi connectivity index (χ3v) is 2.84. The van der Waals surface area contributed by atoms with E-state index in [1.54, 1.807) is 0 Å². The highest BCUT2D eigenvalue weighted by atomic mass is 15.0. The first-order valence-electron chi connectivity index (χ1n) is 5.82. The maximum atomic E-state index is 4.36. The lowest BCUT2D eigenvalue weighted by Crippen LogP contribution is -2.35. The summed E-state index contributed by atoms with van der Waals surface area (Å²) in [5.41, 5.74) is 1.12. The molecular formula is C13H22N2. The normalized spacial score (nSPS) is 15.3. The van der Waals surface area contributed by atoms with Gasteiger partial charge >= 0.3 is 0 Å². The number of aromatic nitrogens is 1. The molecule has 0 aromatic carbocycles. The van der Waals surface area contributed by atoms with E-state index in [4.69, 9.17) is 0 Å². The van der Waals surface area contributed by atoms with Crippen molar-refractivity contribution >= 4 is 0 Å². The van der Waals surface area contributed by atoms with E-state index in [9.17, 15) is 0 Å². The van der Waals surface area contributed by atoms with Gasteiger partial charge in [-0.25, -0.2) is 0 Å². The first-order chi connectivity index (χ1) is 7.15.